The van der Waals surface area contributed by atoms with Gasteiger partial charge in [-0.05, 0) is 48.2 Å². The summed E-state index contributed by atoms with van der Waals surface area (Å²) in [6, 6.07) is 18.5. The first-order chi connectivity index (χ1) is 14.5. The lowest BCUT2D eigenvalue weighted by Crippen LogP contribution is -2.33. The van der Waals surface area contributed by atoms with Crippen molar-refractivity contribution in [2.24, 2.45) is 0 Å². The number of amides is 1. The second-order valence-electron chi connectivity index (χ2n) is 7.04. The second kappa shape index (κ2) is 8.24. The normalized spacial score (nSPS) is 12.5. The maximum atomic E-state index is 13.1. The Morgan fingerprint density at radius 3 is 2.13 bits per heavy atom. The van der Waals surface area contributed by atoms with Crippen LogP contribution in [0.1, 0.15) is 11.1 Å². The van der Waals surface area contributed by atoms with Crippen LogP contribution in [0.3, 0.4) is 0 Å². The molecule has 7 heteroatoms. The van der Waals surface area contributed by atoms with Crippen LogP contribution in [-0.4, -0.2) is 23.1 Å². The molecule has 0 atom stereocenters. The molecule has 1 amide bonds. The number of anilines is 3. The molecule has 0 saturated carbocycles. The van der Waals surface area contributed by atoms with Crippen LogP contribution in [0.15, 0.2) is 71.7 Å². The molecule has 0 fully saturated rings. The number of hydrogen-bond donors (Lipinski definition) is 1. The Balaban J connectivity index is 1.54. The molecule has 2 aromatic carbocycles. The predicted octanol–water partition coefficient (Wildman–Crippen LogP) is 2.44. The third-order valence-electron chi connectivity index (χ3n) is 5.08. The molecule has 2 heterocycles. The summed E-state index contributed by atoms with van der Waals surface area (Å²) < 4.78 is 6.35. The monoisotopic (exact) mass is 403 g/mol. The van der Waals surface area contributed by atoms with Crippen LogP contribution >= 0.6 is 0 Å². The van der Waals surface area contributed by atoms with Crippen LogP contribution in [0.2, 0.25) is 0 Å². The summed E-state index contributed by atoms with van der Waals surface area (Å²) in [5.41, 5.74) is 8.83. The van der Waals surface area contributed by atoms with Crippen LogP contribution in [0, 0.1) is 0 Å². The molecule has 1 aliphatic heterocycles. The number of para-hydroxylation sites is 2. The first-order valence-corrected chi connectivity index (χ1v) is 9.64. The van der Waals surface area contributed by atoms with Gasteiger partial charge in [0.25, 0.3) is 11.5 Å². The van der Waals surface area contributed by atoms with E-state index in [4.69, 9.17) is 10.5 Å². The molecule has 0 radical (unpaired) electrons. The van der Waals surface area contributed by atoms with E-state index in [0.717, 1.165) is 39.9 Å². The molecular weight excluding hydrogens is 382 g/mol. The van der Waals surface area contributed by atoms with Crippen LogP contribution in [0.4, 0.5) is 17.1 Å². The first-order valence-electron chi connectivity index (χ1n) is 9.64. The van der Waals surface area contributed by atoms with Gasteiger partial charge >= 0.3 is 5.97 Å². The molecule has 0 spiro atoms. The highest BCUT2D eigenvalue weighted by molar-refractivity contribution is 6.03. The Bertz CT molecular complexity index is 1120. The average molecular weight is 403 g/mol. The minimum Gasteiger partial charge on any atom is -0.454 e. The van der Waals surface area contributed by atoms with Gasteiger partial charge in [0.1, 0.15) is 6.54 Å². The van der Waals surface area contributed by atoms with E-state index in [1.165, 1.54) is 12.3 Å². The lowest BCUT2D eigenvalue weighted by Gasteiger charge is -2.24. The summed E-state index contributed by atoms with van der Waals surface area (Å²) in [5, 5.41) is 0. The van der Waals surface area contributed by atoms with E-state index in [1.807, 2.05) is 48.5 Å². The van der Waals surface area contributed by atoms with Crippen molar-refractivity contribution in [1.82, 2.24) is 4.57 Å². The van der Waals surface area contributed by atoms with Gasteiger partial charge in [0, 0.05) is 6.20 Å². The molecule has 30 heavy (non-hydrogen) atoms. The first kappa shape index (κ1) is 19.4. The van der Waals surface area contributed by atoms with E-state index in [9.17, 15) is 14.4 Å². The minimum absolute atomic E-state index is 0.0409. The Hall–Kier alpha value is -3.87. The molecule has 2 N–H and O–H groups in total. The fraction of sp³-hybridized carbons (Fsp3) is 0.174. The Morgan fingerprint density at radius 1 is 0.900 bits per heavy atom. The van der Waals surface area contributed by atoms with Gasteiger partial charge in [-0.25, -0.2) is 0 Å². The van der Waals surface area contributed by atoms with E-state index in [1.54, 1.807) is 11.0 Å². The third kappa shape index (κ3) is 3.82. The molecule has 7 nitrogen and oxygen atoms in total. The molecule has 0 bridgehead atoms. The number of nitrogen functional groups attached to an aromatic ring is 1. The zero-order chi connectivity index (χ0) is 21.1. The number of aromatic nitrogens is 1. The Kier molecular flexibility index (Phi) is 5.34. The number of rotatable bonds is 4. The maximum Gasteiger partial charge on any atom is 0.326 e. The number of pyridine rings is 1. The quantitative estimate of drug-likeness (QED) is 0.675. The number of nitrogens with two attached hydrogens (primary N) is 1. The molecule has 4 rings (SSSR count). The van der Waals surface area contributed by atoms with Gasteiger partial charge < -0.3 is 15.0 Å². The number of fused-ring (bicyclic) bond motifs is 2. The Labute approximate surface area is 173 Å². The number of ether oxygens (including phenoxy) is 1. The van der Waals surface area contributed by atoms with Crippen LogP contribution < -0.4 is 16.2 Å². The molecule has 1 aliphatic rings. The van der Waals surface area contributed by atoms with Crippen LogP contribution in [-0.2, 0) is 33.7 Å². The van der Waals surface area contributed by atoms with Crippen molar-refractivity contribution in [2.45, 2.75) is 19.4 Å². The van der Waals surface area contributed by atoms with Gasteiger partial charge in [-0.1, -0.05) is 36.4 Å². The van der Waals surface area contributed by atoms with Crippen molar-refractivity contribution in [1.29, 1.82) is 0 Å². The zero-order valence-corrected chi connectivity index (χ0v) is 16.3. The summed E-state index contributed by atoms with van der Waals surface area (Å²) >= 11 is 0. The highest BCUT2D eigenvalue weighted by Crippen LogP contribution is 2.35. The van der Waals surface area contributed by atoms with Crippen molar-refractivity contribution < 1.29 is 14.3 Å². The molecule has 1 aromatic heterocycles. The van der Waals surface area contributed by atoms with Gasteiger partial charge in [-0.15, -0.1) is 0 Å². The molecular formula is C23H21N3O4. The number of esters is 1. The van der Waals surface area contributed by atoms with Gasteiger partial charge in [0.2, 0.25) is 0 Å². The molecule has 3 aromatic rings. The van der Waals surface area contributed by atoms with E-state index in [0.29, 0.717) is 0 Å². The SMILES string of the molecule is Nc1cccn(CC(=O)OCC(=O)N2c3ccccc3CCc3ccccc32)c1=O. The maximum absolute atomic E-state index is 13.1. The number of nitrogens with zero attached hydrogens (tertiary/aromatic N) is 2. The third-order valence-corrected chi connectivity index (χ3v) is 5.08. The van der Waals surface area contributed by atoms with Crippen molar-refractivity contribution in [3.8, 4) is 0 Å². The van der Waals surface area contributed by atoms with Gasteiger partial charge in [-0.3, -0.25) is 19.3 Å². The number of aryl methyl sites for hydroxylation is 2. The predicted molar refractivity (Wildman–Crippen MR) is 114 cm³/mol. The molecule has 0 saturated heterocycles. The fourth-order valence-electron chi connectivity index (χ4n) is 3.62. The summed E-state index contributed by atoms with van der Waals surface area (Å²) in [7, 11) is 0. The molecule has 152 valence electrons. The summed E-state index contributed by atoms with van der Waals surface area (Å²) in [6.45, 7) is -0.747. The number of carbonyl (C=O) groups excluding carboxylic acids is 2. The van der Waals surface area contributed by atoms with Crippen LogP contribution in [0.5, 0.6) is 0 Å². The van der Waals surface area contributed by atoms with Crippen molar-refractivity contribution >= 4 is 28.9 Å². The Morgan fingerprint density at radius 2 is 1.50 bits per heavy atom. The highest BCUT2D eigenvalue weighted by Gasteiger charge is 2.26. The van der Waals surface area contributed by atoms with E-state index in [2.05, 4.69) is 0 Å². The summed E-state index contributed by atoms with van der Waals surface area (Å²) in [4.78, 5) is 38.9. The summed E-state index contributed by atoms with van der Waals surface area (Å²) in [5.74, 6) is -1.04. The van der Waals surface area contributed by atoms with Gasteiger partial charge in [0.05, 0.1) is 17.1 Å². The molecule has 0 aliphatic carbocycles. The lowest BCUT2D eigenvalue weighted by molar-refractivity contribution is -0.148. The van der Waals surface area contributed by atoms with Gasteiger partial charge in [-0.2, -0.15) is 0 Å². The van der Waals surface area contributed by atoms with Crippen LogP contribution in [0.25, 0.3) is 0 Å². The van der Waals surface area contributed by atoms with Gasteiger partial charge in [0.15, 0.2) is 6.61 Å². The molecule has 0 unspecified atom stereocenters. The van der Waals surface area contributed by atoms with Crippen molar-refractivity contribution in [2.75, 3.05) is 17.2 Å². The number of hydrogen-bond acceptors (Lipinski definition) is 5. The smallest absolute Gasteiger partial charge is 0.326 e. The standard InChI is InChI=1S/C23H21N3O4/c24-18-8-5-13-25(23(18)29)14-22(28)30-15-21(27)26-19-9-3-1-6-16(19)11-12-17-7-2-4-10-20(17)26/h1-10,13H,11-12,14-15,24H2. The lowest BCUT2D eigenvalue weighted by atomic mass is 10.0. The largest absolute Gasteiger partial charge is 0.454 e. The topological polar surface area (TPSA) is 94.6 Å². The van der Waals surface area contributed by atoms with E-state index < -0.39 is 18.1 Å². The van der Waals surface area contributed by atoms with Crippen molar-refractivity contribution in [3.63, 3.8) is 0 Å². The average Bonchev–Trinajstić information content (AvgIpc) is 2.92. The zero-order valence-electron chi connectivity index (χ0n) is 16.3. The fourth-order valence-corrected chi connectivity index (χ4v) is 3.62. The van der Waals surface area contributed by atoms with E-state index >= 15 is 0 Å². The number of benzene rings is 2. The van der Waals surface area contributed by atoms with Crippen molar-refractivity contribution in [3.05, 3.63) is 88.3 Å². The highest BCUT2D eigenvalue weighted by atomic mass is 16.5. The van der Waals surface area contributed by atoms with E-state index in [-0.39, 0.29) is 18.1 Å². The minimum atomic E-state index is -0.688. The second-order valence-corrected chi connectivity index (χ2v) is 7.04. The number of carbonyl (C=O) groups is 2. The summed E-state index contributed by atoms with van der Waals surface area (Å²) in [6.07, 6.45) is 3.08.